The molecule has 0 aliphatic heterocycles. The molecule has 0 spiro atoms. The predicted molar refractivity (Wildman–Crippen MR) is 94.6 cm³/mol. The fraction of sp³-hybridized carbons (Fsp3) is 0.556. The Kier molecular flexibility index (Phi) is 6.02. The number of carbonyl (C=O) groups excluding carboxylic acids is 2. The average Bonchev–Trinajstić information content (AvgIpc) is 2.55. The number of anilines is 3. The summed E-state index contributed by atoms with van der Waals surface area (Å²) >= 11 is 0. The van der Waals surface area contributed by atoms with Crippen molar-refractivity contribution in [2.45, 2.75) is 39.5 Å². The van der Waals surface area contributed by atoms with Gasteiger partial charge < -0.3 is 16.0 Å². The maximum Gasteiger partial charge on any atom is 0.227 e. The highest BCUT2D eigenvalue weighted by Crippen LogP contribution is 2.34. The number of hydrogen-bond acceptors (Lipinski definition) is 3. The van der Waals surface area contributed by atoms with E-state index in [9.17, 15) is 9.59 Å². The van der Waals surface area contributed by atoms with Gasteiger partial charge in [0.1, 0.15) is 0 Å². The van der Waals surface area contributed by atoms with Gasteiger partial charge in [0.2, 0.25) is 12.3 Å². The lowest BCUT2D eigenvalue weighted by Gasteiger charge is -2.30. The number of carbonyl (C=O) groups is 2. The minimum absolute atomic E-state index is 0.0810. The Labute approximate surface area is 138 Å². The largest absolute Gasteiger partial charge is 0.388 e. The van der Waals surface area contributed by atoms with E-state index >= 15 is 0 Å². The van der Waals surface area contributed by atoms with Crippen LogP contribution in [0.1, 0.15) is 39.5 Å². The number of benzene rings is 1. The first-order valence-corrected chi connectivity index (χ1v) is 8.37. The van der Waals surface area contributed by atoms with Gasteiger partial charge in [0.15, 0.2) is 0 Å². The van der Waals surface area contributed by atoms with E-state index in [4.69, 9.17) is 0 Å². The van der Waals surface area contributed by atoms with Crippen LogP contribution in [0.15, 0.2) is 18.2 Å². The summed E-state index contributed by atoms with van der Waals surface area (Å²) in [6.45, 7) is 4.52. The second kappa shape index (κ2) is 7.99. The third kappa shape index (κ3) is 4.71. The molecule has 1 fully saturated rings. The summed E-state index contributed by atoms with van der Waals surface area (Å²) in [5.41, 5.74) is 2.21. The molecule has 5 nitrogen and oxygen atoms in total. The van der Waals surface area contributed by atoms with E-state index in [1.807, 2.05) is 12.1 Å². The van der Waals surface area contributed by atoms with Gasteiger partial charge in [-0.2, -0.15) is 0 Å². The zero-order valence-corrected chi connectivity index (χ0v) is 14.2. The van der Waals surface area contributed by atoms with E-state index in [1.165, 1.54) is 0 Å². The normalized spacial score (nSPS) is 20.9. The Morgan fingerprint density at radius 3 is 2.26 bits per heavy atom. The summed E-state index contributed by atoms with van der Waals surface area (Å²) < 4.78 is 0. The summed E-state index contributed by atoms with van der Waals surface area (Å²) in [6, 6.07) is 5.46. The van der Waals surface area contributed by atoms with Crippen molar-refractivity contribution >= 4 is 29.4 Å². The van der Waals surface area contributed by atoms with Crippen LogP contribution in [0.4, 0.5) is 17.1 Å². The third-order valence-corrected chi connectivity index (χ3v) is 4.80. The monoisotopic (exact) mass is 317 g/mol. The molecule has 1 aliphatic carbocycles. The smallest absolute Gasteiger partial charge is 0.227 e. The van der Waals surface area contributed by atoms with Crippen LogP contribution in [0, 0.1) is 17.8 Å². The molecule has 0 radical (unpaired) electrons. The van der Waals surface area contributed by atoms with Gasteiger partial charge in [-0.15, -0.1) is 0 Å². The fourth-order valence-electron chi connectivity index (χ4n) is 3.29. The van der Waals surface area contributed by atoms with Crippen LogP contribution in [-0.2, 0) is 9.59 Å². The first kappa shape index (κ1) is 17.3. The van der Waals surface area contributed by atoms with Gasteiger partial charge in [0, 0.05) is 30.0 Å². The first-order chi connectivity index (χ1) is 11.0. The Balaban J connectivity index is 2.00. The van der Waals surface area contributed by atoms with Crippen molar-refractivity contribution in [1.29, 1.82) is 0 Å². The van der Waals surface area contributed by atoms with Crippen LogP contribution in [0.3, 0.4) is 0 Å². The van der Waals surface area contributed by atoms with Gasteiger partial charge in [-0.25, -0.2) is 0 Å². The number of hydrogen-bond donors (Lipinski definition) is 3. The zero-order valence-electron chi connectivity index (χ0n) is 14.2. The molecule has 2 rings (SSSR count). The van der Waals surface area contributed by atoms with Gasteiger partial charge >= 0.3 is 0 Å². The zero-order chi connectivity index (χ0) is 16.8. The molecule has 5 heteroatoms. The lowest BCUT2D eigenvalue weighted by molar-refractivity contribution is -0.121. The minimum atomic E-state index is 0.0810. The van der Waals surface area contributed by atoms with Crippen molar-refractivity contribution in [2.75, 3.05) is 23.0 Å². The molecule has 0 bridgehead atoms. The standard InChI is InChI=1S/C18H27N3O2/c1-12(2)13-4-6-14(7-5-13)18(23)21-17-9-15(19-3)8-16(10-17)20-11-22/h8-14,19H,4-7H2,1-3H3,(H,20,22)(H,21,23). The molecule has 1 aromatic carbocycles. The average molecular weight is 317 g/mol. The van der Waals surface area contributed by atoms with Crippen molar-refractivity contribution in [3.8, 4) is 0 Å². The lowest BCUT2D eigenvalue weighted by atomic mass is 9.76. The van der Waals surface area contributed by atoms with Crippen molar-refractivity contribution in [3.63, 3.8) is 0 Å². The summed E-state index contributed by atoms with van der Waals surface area (Å²) in [4.78, 5) is 23.1. The second-order valence-electron chi connectivity index (χ2n) is 6.66. The van der Waals surface area contributed by atoms with E-state index in [2.05, 4.69) is 29.8 Å². The van der Waals surface area contributed by atoms with E-state index < -0.39 is 0 Å². The topological polar surface area (TPSA) is 70.2 Å². The summed E-state index contributed by atoms with van der Waals surface area (Å²) in [5, 5.41) is 8.65. The molecule has 3 N–H and O–H groups in total. The van der Waals surface area contributed by atoms with Gasteiger partial charge in [-0.1, -0.05) is 13.8 Å². The van der Waals surface area contributed by atoms with E-state index in [0.29, 0.717) is 23.7 Å². The van der Waals surface area contributed by atoms with Crippen LogP contribution < -0.4 is 16.0 Å². The maximum atomic E-state index is 12.5. The van der Waals surface area contributed by atoms with Crippen molar-refractivity contribution in [1.82, 2.24) is 0 Å². The molecular formula is C18H27N3O2. The SMILES string of the molecule is CNc1cc(NC=O)cc(NC(=O)C2CCC(C(C)C)CC2)c1. The van der Waals surface area contributed by atoms with Crippen LogP contribution in [0.25, 0.3) is 0 Å². The van der Waals surface area contributed by atoms with E-state index in [-0.39, 0.29) is 11.8 Å². The van der Waals surface area contributed by atoms with Crippen molar-refractivity contribution < 1.29 is 9.59 Å². The van der Waals surface area contributed by atoms with Gasteiger partial charge in [0.05, 0.1) is 0 Å². The molecule has 1 aromatic rings. The first-order valence-electron chi connectivity index (χ1n) is 8.37. The third-order valence-electron chi connectivity index (χ3n) is 4.80. The number of nitrogens with one attached hydrogen (secondary N) is 3. The van der Waals surface area contributed by atoms with Gasteiger partial charge in [-0.05, 0) is 55.7 Å². The molecule has 126 valence electrons. The molecule has 0 saturated heterocycles. The molecule has 23 heavy (non-hydrogen) atoms. The highest BCUT2D eigenvalue weighted by atomic mass is 16.2. The lowest BCUT2D eigenvalue weighted by Crippen LogP contribution is -2.28. The van der Waals surface area contributed by atoms with Crippen LogP contribution in [0.2, 0.25) is 0 Å². The molecule has 2 amide bonds. The van der Waals surface area contributed by atoms with Gasteiger partial charge in [-0.3, -0.25) is 9.59 Å². The number of rotatable bonds is 6. The maximum absolute atomic E-state index is 12.5. The Morgan fingerprint density at radius 2 is 1.70 bits per heavy atom. The number of amides is 2. The summed E-state index contributed by atoms with van der Waals surface area (Å²) in [6.07, 6.45) is 4.81. The Morgan fingerprint density at radius 1 is 1.09 bits per heavy atom. The minimum Gasteiger partial charge on any atom is -0.388 e. The molecule has 0 atom stereocenters. The molecule has 0 aromatic heterocycles. The highest BCUT2D eigenvalue weighted by molar-refractivity contribution is 5.94. The Bertz CT molecular complexity index is 549. The van der Waals surface area contributed by atoms with Crippen LogP contribution >= 0.6 is 0 Å². The molecule has 1 saturated carbocycles. The summed E-state index contributed by atoms with van der Waals surface area (Å²) in [7, 11) is 1.80. The molecule has 0 unspecified atom stereocenters. The fourth-order valence-corrected chi connectivity index (χ4v) is 3.29. The molecule has 0 heterocycles. The quantitative estimate of drug-likeness (QED) is 0.701. The van der Waals surface area contributed by atoms with E-state index in [0.717, 1.165) is 37.3 Å². The van der Waals surface area contributed by atoms with Crippen molar-refractivity contribution in [3.05, 3.63) is 18.2 Å². The van der Waals surface area contributed by atoms with Crippen LogP contribution in [0.5, 0.6) is 0 Å². The molecular weight excluding hydrogens is 290 g/mol. The second-order valence-corrected chi connectivity index (χ2v) is 6.66. The summed E-state index contributed by atoms with van der Waals surface area (Å²) in [5.74, 6) is 1.61. The Hall–Kier alpha value is -2.04. The predicted octanol–water partition coefficient (Wildman–Crippen LogP) is 3.70. The van der Waals surface area contributed by atoms with Gasteiger partial charge in [0.25, 0.3) is 0 Å². The highest BCUT2D eigenvalue weighted by Gasteiger charge is 2.27. The molecule has 1 aliphatic rings. The van der Waals surface area contributed by atoms with Crippen LogP contribution in [-0.4, -0.2) is 19.4 Å². The van der Waals surface area contributed by atoms with Crippen molar-refractivity contribution in [2.24, 2.45) is 17.8 Å². The van der Waals surface area contributed by atoms with E-state index in [1.54, 1.807) is 13.1 Å².